The fourth-order valence-electron chi connectivity index (χ4n) is 4.03. The van der Waals surface area contributed by atoms with E-state index in [2.05, 4.69) is 43.0 Å². The van der Waals surface area contributed by atoms with E-state index in [-0.39, 0.29) is 11.5 Å². The van der Waals surface area contributed by atoms with Gasteiger partial charge in [-0.05, 0) is 60.7 Å². The van der Waals surface area contributed by atoms with Gasteiger partial charge in [-0.3, -0.25) is 4.79 Å². The van der Waals surface area contributed by atoms with E-state index < -0.39 is 0 Å². The van der Waals surface area contributed by atoms with Gasteiger partial charge in [0.15, 0.2) is 5.78 Å². The van der Waals surface area contributed by atoms with Crippen LogP contribution in [-0.4, -0.2) is 31.1 Å². The lowest BCUT2D eigenvalue weighted by Gasteiger charge is -2.25. The molecule has 0 bridgehead atoms. The van der Waals surface area contributed by atoms with Crippen LogP contribution in [0.15, 0.2) is 36.4 Å². The molecule has 1 aliphatic rings. The lowest BCUT2D eigenvalue weighted by Crippen LogP contribution is -2.24. The van der Waals surface area contributed by atoms with Gasteiger partial charge in [0.05, 0.1) is 12.7 Å². The molecule has 4 nitrogen and oxygen atoms in total. The second kappa shape index (κ2) is 8.51. The molecule has 4 heteroatoms. The van der Waals surface area contributed by atoms with E-state index >= 15 is 0 Å². The van der Waals surface area contributed by atoms with Gasteiger partial charge in [-0.1, -0.05) is 26.0 Å². The van der Waals surface area contributed by atoms with Gasteiger partial charge >= 0.3 is 0 Å². The van der Waals surface area contributed by atoms with Gasteiger partial charge in [0.2, 0.25) is 0 Å². The number of nitrogens with zero attached hydrogens (tertiary/aromatic N) is 1. The summed E-state index contributed by atoms with van der Waals surface area (Å²) in [6.45, 7) is 8.34. The molecule has 2 aromatic carbocycles. The number of aromatic hydroxyl groups is 1. The maximum Gasteiger partial charge on any atom is 0.190 e. The van der Waals surface area contributed by atoms with Crippen molar-refractivity contribution in [1.29, 1.82) is 0 Å². The lowest BCUT2D eigenvalue weighted by atomic mass is 9.85. The predicted octanol–water partition coefficient (Wildman–Crippen LogP) is 5.16. The first-order valence-electron chi connectivity index (χ1n) is 9.99. The molecule has 0 heterocycles. The van der Waals surface area contributed by atoms with Crippen molar-refractivity contribution in [3.63, 3.8) is 0 Å². The number of methoxy groups -OCH3 is 1. The Hall–Kier alpha value is -2.75. The number of carbonyl (C=O) groups is 1. The number of rotatable bonds is 7. The van der Waals surface area contributed by atoms with E-state index in [1.165, 1.54) is 5.69 Å². The molecule has 0 unspecified atom stereocenters. The number of phenolic OH excluding ortho intramolecular Hbond substituents is 1. The summed E-state index contributed by atoms with van der Waals surface area (Å²) in [5.41, 5.74) is 5.15. The van der Waals surface area contributed by atoms with Gasteiger partial charge in [-0.15, -0.1) is 0 Å². The van der Waals surface area contributed by atoms with Crippen molar-refractivity contribution in [3.05, 3.63) is 58.7 Å². The number of anilines is 1. The summed E-state index contributed by atoms with van der Waals surface area (Å²) in [7, 11) is 1.60. The van der Waals surface area contributed by atoms with E-state index in [0.717, 1.165) is 48.2 Å². The Labute approximate surface area is 167 Å². The summed E-state index contributed by atoms with van der Waals surface area (Å²) in [6, 6.07) is 10.0. The minimum atomic E-state index is -0.172. The quantitative estimate of drug-likeness (QED) is 0.722. The van der Waals surface area contributed by atoms with Crippen molar-refractivity contribution >= 4 is 17.0 Å². The smallest absolute Gasteiger partial charge is 0.190 e. The number of hydrogen-bond donors (Lipinski definition) is 1. The Bertz CT molecular complexity index is 891. The normalized spacial score (nSPS) is 13.1. The van der Waals surface area contributed by atoms with Gasteiger partial charge in [0, 0.05) is 30.8 Å². The fraction of sp³-hybridized carbons (Fsp3) is 0.375. The van der Waals surface area contributed by atoms with Gasteiger partial charge in [-0.2, -0.15) is 0 Å². The molecule has 0 saturated carbocycles. The number of ketones is 1. The third kappa shape index (κ3) is 3.77. The molecule has 0 atom stereocenters. The highest BCUT2D eigenvalue weighted by Crippen LogP contribution is 2.40. The van der Waals surface area contributed by atoms with Gasteiger partial charge in [0.25, 0.3) is 0 Å². The fourth-order valence-corrected chi connectivity index (χ4v) is 4.03. The largest absolute Gasteiger partial charge is 0.507 e. The van der Waals surface area contributed by atoms with Crippen molar-refractivity contribution in [2.45, 2.75) is 40.0 Å². The second-order valence-corrected chi connectivity index (χ2v) is 7.34. The SMILES string of the molecule is CCCN(CCC)c1ccc(C2=CC(=O)c3c(O)cc(C)c(OC)c3C2)cc1. The van der Waals surface area contributed by atoms with Crippen LogP contribution >= 0.6 is 0 Å². The first-order valence-corrected chi connectivity index (χ1v) is 9.99. The number of carbonyl (C=O) groups excluding carboxylic acids is 1. The standard InChI is InChI=1S/C24H29NO3/c1-5-11-25(12-6-2)19-9-7-17(8-10-19)18-14-20-23(22(27)15-18)21(26)13-16(3)24(20)28-4/h7-10,13,15,26H,5-6,11-12,14H2,1-4H3. The summed E-state index contributed by atoms with van der Waals surface area (Å²) in [6.07, 6.45) is 4.43. The van der Waals surface area contributed by atoms with Crippen LogP contribution in [-0.2, 0) is 6.42 Å². The minimum Gasteiger partial charge on any atom is -0.507 e. The van der Waals surface area contributed by atoms with Gasteiger partial charge in [0.1, 0.15) is 11.5 Å². The highest BCUT2D eigenvalue weighted by Gasteiger charge is 2.26. The van der Waals surface area contributed by atoms with Crippen LogP contribution in [0.1, 0.15) is 53.7 Å². The molecule has 0 aromatic heterocycles. The number of allylic oxidation sites excluding steroid dienone is 2. The Morgan fingerprint density at radius 3 is 2.32 bits per heavy atom. The molecule has 28 heavy (non-hydrogen) atoms. The summed E-state index contributed by atoms with van der Waals surface area (Å²) in [5.74, 6) is 0.536. The zero-order valence-corrected chi connectivity index (χ0v) is 17.2. The van der Waals surface area contributed by atoms with Crippen LogP contribution in [0.2, 0.25) is 0 Å². The van der Waals surface area contributed by atoms with Crippen LogP contribution in [0.3, 0.4) is 0 Å². The third-order valence-corrected chi connectivity index (χ3v) is 5.26. The zero-order chi connectivity index (χ0) is 20.3. The predicted molar refractivity (Wildman–Crippen MR) is 115 cm³/mol. The van der Waals surface area contributed by atoms with Crippen molar-refractivity contribution in [2.75, 3.05) is 25.1 Å². The molecule has 1 N–H and O–H groups in total. The summed E-state index contributed by atoms with van der Waals surface area (Å²) >= 11 is 0. The van der Waals surface area contributed by atoms with Crippen LogP contribution < -0.4 is 9.64 Å². The van der Waals surface area contributed by atoms with Crippen LogP contribution in [0.25, 0.3) is 5.57 Å². The molecule has 148 valence electrons. The number of aryl methyl sites for hydroxylation is 1. The maximum atomic E-state index is 12.7. The average Bonchev–Trinajstić information content (AvgIpc) is 2.67. The van der Waals surface area contributed by atoms with E-state index in [4.69, 9.17) is 4.74 Å². The average molecular weight is 380 g/mol. The molecule has 3 rings (SSSR count). The number of benzene rings is 2. The molecule has 0 spiro atoms. The van der Waals surface area contributed by atoms with Crippen LogP contribution in [0.4, 0.5) is 5.69 Å². The molecular formula is C24H29NO3. The Kier molecular flexibility index (Phi) is 6.08. The molecule has 0 radical (unpaired) electrons. The molecule has 2 aromatic rings. The molecule has 0 saturated heterocycles. The maximum absolute atomic E-state index is 12.7. The molecule has 0 aliphatic heterocycles. The van der Waals surface area contributed by atoms with Gasteiger partial charge < -0.3 is 14.7 Å². The monoisotopic (exact) mass is 379 g/mol. The van der Waals surface area contributed by atoms with Crippen LogP contribution in [0, 0.1) is 6.92 Å². The van der Waals surface area contributed by atoms with Crippen molar-refractivity contribution in [1.82, 2.24) is 0 Å². The number of hydrogen-bond acceptors (Lipinski definition) is 4. The van der Waals surface area contributed by atoms with Crippen LogP contribution in [0.5, 0.6) is 11.5 Å². The van der Waals surface area contributed by atoms with Gasteiger partial charge in [-0.25, -0.2) is 0 Å². The van der Waals surface area contributed by atoms with Crippen molar-refractivity contribution in [3.8, 4) is 11.5 Å². The van der Waals surface area contributed by atoms with Crippen molar-refractivity contribution < 1.29 is 14.6 Å². The zero-order valence-electron chi connectivity index (χ0n) is 17.2. The number of phenols is 1. The van der Waals surface area contributed by atoms with E-state index in [9.17, 15) is 9.90 Å². The Balaban J connectivity index is 1.93. The first kappa shape index (κ1) is 20.0. The second-order valence-electron chi connectivity index (χ2n) is 7.34. The number of ether oxygens (including phenoxy) is 1. The first-order chi connectivity index (χ1) is 13.5. The van der Waals surface area contributed by atoms with E-state index in [0.29, 0.717) is 17.7 Å². The summed E-state index contributed by atoms with van der Waals surface area (Å²) < 4.78 is 5.54. The van der Waals surface area contributed by atoms with Crippen molar-refractivity contribution in [2.24, 2.45) is 0 Å². The summed E-state index contributed by atoms with van der Waals surface area (Å²) in [5, 5.41) is 10.3. The Morgan fingerprint density at radius 2 is 1.75 bits per heavy atom. The topological polar surface area (TPSA) is 49.8 Å². The third-order valence-electron chi connectivity index (χ3n) is 5.26. The highest BCUT2D eigenvalue weighted by molar-refractivity contribution is 6.14. The summed E-state index contributed by atoms with van der Waals surface area (Å²) in [4.78, 5) is 15.1. The Morgan fingerprint density at radius 1 is 1.11 bits per heavy atom. The highest BCUT2D eigenvalue weighted by atomic mass is 16.5. The molecular weight excluding hydrogens is 350 g/mol. The lowest BCUT2D eigenvalue weighted by molar-refractivity contribution is 0.104. The number of fused-ring (bicyclic) bond motifs is 1. The molecule has 0 amide bonds. The van der Waals surface area contributed by atoms with E-state index in [1.54, 1.807) is 19.3 Å². The minimum absolute atomic E-state index is 0.0266. The molecule has 1 aliphatic carbocycles. The van der Waals surface area contributed by atoms with E-state index in [1.807, 2.05) is 6.92 Å². The molecule has 0 fully saturated rings.